The molecule has 0 radical (unpaired) electrons. The summed E-state index contributed by atoms with van der Waals surface area (Å²) < 4.78 is 25.7. The molecular formula is C33H30INO10S3. The van der Waals surface area contributed by atoms with Crippen molar-refractivity contribution in [2.75, 3.05) is 39.9 Å². The third kappa shape index (κ3) is 5.61. The van der Waals surface area contributed by atoms with Crippen molar-refractivity contribution in [1.29, 1.82) is 0 Å². The Balaban J connectivity index is 1.93. The van der Waals surface area contributed by atoms with E-state index < -0.39 is 33.5 Å². The van der Waals surface area contributed by atoms with Crippen LogP contribution in [0, 0.1) is 3.57 Å². The Hall–Kier alpha value is -3.41. The van der Waals surface area contributed by atoms with Crippen LogP contribution in [0.3, 0.4) is 0 Å². The quantitative estimate of drug-likeness (QED) is 0.186. The highest BCUT2D eigenvalue weighted by Gasteiger charge is 2.62. The summed E-state index contributed by atoms with van der Waals surface area (Å²) in [4.78, 5) is 70.4. The van der Waals surface area contributed by atoms with Crippen LogP contribution in [-0.4, -0.2) is 74.4 Å². The van der Waals surface area contributed by atoms with Gasteiger partial charge in [-0.05, 0) is 61.6 Å². The zero-order valence-electron chi connectivity index (χ0n) is 26.9. The smallest absolute Gasteiger partial charge is 0.345 e. The highest BCUT2D eigenvalue weighted by atomic mass is 127. The average Bonchev–Trinajstić information content (AvgIpc) is 3.47. The molecule has 3 aliphatic heterocycles. The maximum absolute atomic E-state index is 14.7. The van der Waals surface area contributed by atoms with Crippen LogP contribution < -0.4 is 9.64 Å². The van der Waals surface area contributed by atoms with Gasteiger partial charge in [-0.25, -0.2) is 19.2 Å². The number of ether oxygens (including phenoxy) is 5. The van der Waals surface area contributed by atoms with E-state index in [1.807, 2.05) is 32.9 Å². The van der Waals surface area contributed by atoms with Gasteiger partial charge >= 0.3 is 23.9 Å². The molecule has 0 saturated carbocycles. The molecule has 252 valence electrons. The van der Waals surface area contributed by atoms with Crippen molar-refractivity contribution in [3.63, 3.8) is 0 Å². The summed E-state index contributed by atoms with van der Waals surface area (Å²) in [5.41, 5.74) is 0.411. The lowest BCUT2D eigenvalue weighted by Gasteiger charge is -2.51. The molecule has 5 rings (SSSR count). The number of benzene rings is 2. The lowest BCUT2D eigenvalue weighted by molar-refractivity contribution is -0.138. The fourth-order valence-corrected chi connectivity index (χ4v) is 11.4. The van der Waals surface area contributed by atoms with Crippen LogP contribution in [0.2, 0.25) is 0 Å². The number of methoxy groups -OCH3 is 4. The zero-order chi connectivity index (χ0) is 35.1. The average molecular weight is 824 g/mol. The van der Waals surface area contributed by atoms with Gasteiger partial charge in [-0.1, -0.05) is 59.6 Å². The van der Waals surface area contributed by atoms with Crippen molar-refractivity contribution in [2.45, 2.75) is 30.4 Å². The molecule has 3 aliphatic rings. The van der Waals surface area contributed by atoms with Gasteiger partial charge in [0.05, 0.1) is 57.4 Å². The van der Waals surface area contributed by atoms with Crippen molar-refractivity contribution in [3.8, 4) is 5.75 Å². The zero-order valence-corrected chi connectivity index (χ0v) is 31.5. The van der Waals surface area contributed by atoms with Crippen molar-refractivity contribution in [2.24, 2.45) is 0 Å². The molecule has 0 atom stereocenters. The van der Waals surface area contributed by atoms with Crippen LogP contribution in [0.1, 0.15) is 36.7 Å². The second-order valence-corrected chi connectivity index (χ2v) is 15.6. The highest BCUT2D eigenvalue weighted by molar-refractivity contribution is 14.1. The number of esters is 4. The number of nitrogens with zero attached hydrogens (tertiary/aromatic N) is 1. The summed E-state index contributed by atoms with van der Waals surface area (Å²) in [7, 11) is 4.68. The molecular weight excluding hydrogens is 793 g/mol. The fraction of sp³-hybridized carbons (Fsp3) is 0.303. The van der Waals surface area contributed by atoms with Gasteiger partial charge in [-0.3, -0.25) is 9.69 Å². The Morgan fingerprint density at radius 1 is 0.771 bits per heavy atom. The highest BCUT2D eigenvalue weighted by Crippen LogP contribution is 2.71. The number of rotatable bonds is 7. The molecule has 15 heteroatoms. The Morgan fingerprint density at radius 3 is 1.88 bits per heavy atom. The minimum Gasteiger partial charge on any atom is -0.492 e. The first-order valence-electron chi connectivity index (χ1n) is 14.3. The number of para-hydroxylation sites is 1. The Bertz CT molecular complexity index is 1840. The molecule has 48 heavy (non-hydrogen) atoms. The second-order valence-electron chi connectivity index (χ2n) is 10.7. The van der Waals surface area contributed by atoms with Crippen molar-refractivity contribution >= 4 is 98.9 Å². The van der Waals surface area contributed by atoms with Crippen molar-refractivity contribution in [1.82, 2.24) is 0 Å². The molecule has 0 fully saturated rings. The molecule has 0 aliphatic carbocycles. The third-order valence-electron chi connectivity index (χ3n) is 7.73. The fourth-order valence-electron chi connectivity index (χ4n) is 5.70. The number of anilines is 1. The van der Waals surface area contributed by atoms with Gasteiger partial charge in [-0.2, -0.15) is 0 Å². The predicted molar refractivity (Wildman–Crippen MR) is 192 cm³/mol. The van der Waals surface area contributed by atoms with E-state index in [-0.39, 0.29) is 32.8 Å². The number of thioether (sulfide) groups is 3. The lowest BCUT2D eigenvalue weighted by Crippen LogP contribution is -2.54. The lowest BCUT2D eigenvalue weighted by atomic mass is 9.82. The number of fused-ring (bicyclic) bond motifs is 3. The van der Waals surface area contributed by atoms with Crippen LogP contribution in [0.15, 0.2) is 67.7 Å². The number of hydrogen-bond donors (Lipinski definition) is 0. The van der Waals surface area contributed by atoms with Crippen LogP contribution >= 0.6 is 57.9 Å². The predicted octanol–water partition coefficient (Wildman–Crippen LogP) is 5.92. The number of carbonyl (C=O) groups excluding carboxylic acids is 5. The molecule has 0 aromatic heterocycles. The van der Waals surface area contributed by atoms with Gasteiger partial charge in [0, 0.05) is 19.6 Å². The van der Waals surface area contributed by atoms with E-state index in [1.165, 1.54) is 28.4 Å². The molecule has 0 bridgehead atoms. The topological polar surface area (TPSA) is 135 Å². The molecule has 0 N–H and O–H groups in total. The van der Waals surface area contributed by atoms with E-state index in [4.69, 9.17) is 23.7 Å². The first-order chi connectivity index (χ1) is 22.8. The molecule has 1 spiro atoms. The van der Waals surface area contributed by atoms with Crippen LogP contribution in [-0.2, 0) is 38.1 Å². The Labute approximate surface area is 303 Å². The van der Waals surface area contributed by atoms with E-state index in [1.54, 1.807) is 35.2 Å². The van der Waals surface area contributed by atoms with Gasteiger partial charge in [0.25, 0.3) is 5.91 Å². The molecule has 11 nitrogen and oxygen atoms in total. The number of amides is 1. The second kappa shape index (κ2) is 13.8. The monoisotopic (exact) mass is 823 g/mol. The van der Waals surface area contributed by atoms with Gasteiger partial charge in [0.2, 0.25) is 0 Å². The third-order valence-corrected chi connectivity index (χ3v) is 13.3. The first-order valence-corrected chi connectivity index (χ1v) is 17.9. The van der Waals surface area contributed by atoms with Crippen LogP contribution in [0.4, 0.5) is 5.69 Å². The molecule has 1 amide bonds. The maximum atomic E-state index is 14.7. The summed E-state index contributed by atoms with van der Waals surface area (Å²) in [5.74, 6) is -3.37. The van der Waals surface area contributed by atoms with Gasteiger partial charge < -0.3 is 23.7 Å². The van der Waals surface area contributed by atoms with Gasteiger partial charge in [-0.15, -0.1) is 0 Å². The largest absolute Gasteiger partial charge is 0.492 e. The van der Waals surface area contributed by atoms with Crippen molar-refractivity contribution in [3.05, 3.63) is 82.4 Å². The normalized spacial score (nSPS) is 17.5. The minimum atomic E-state index is -1.70. The summed E-state index contributed by atoms with van der Waals surface area (Å²) in [6.45, 7) is 5.74. The van der Waals surface area contributed by atoms with E-state index in [0.29, 0.717) is 33.0 Å². The van der Waals surface area contributed by atoms with E-state index in [2.05, 4.69) is 22.6 Å². The summed E-state index contributed by atoms with van der Waals surface area (Å²) >= 11 is 4.81. The van der Waals surface area contributed by atoms with Crippen LogP contribution in [0.25, 0.3) is 5.57 Å². The molecule has 2 aromatic rings. The molecule has 3 heterocycles. The standard InChI is InChI=1S/C33H30INO10S3/c1-8-45-19-15-11-13-17-20-26(32(2,3)35(22(17)19)27(36)16-12-9-10-14-18(16)34)46-23(29(38)42-5)21(28(37)41-4)33(20)47-24(30(39)43-6)25(48-33)31(40)44-7/h9-15H,8H2,1-7H3. The van der Waals surface area contributed by atoms with E-state index in [9.17, 15) is 24.0 Å². The van der Waals surface area contributed by atoms with Gasteiger partial charge in [0.1, 0.15) is 24.5 Å². The summed E-state index contributed by atoms with van der Waals surface area (Å²) in [6, 6.07) is 12.4. The van der Waals surface area contributed by atoms with E-state index in [0.717, 1.165) is 38.9 Å². The van der Waals surface area contributed by atoms with Gasteiger partial charge in [0.15, 0.2) is 0 Å². The number of halogens is 1. The van der Waals surface area contributed by atoms with Crippen molar-refractivity contribution < 1.29 is 47.7 Å². The number of hydrogen-bond acceptors (Lipinski definition) is 13. The summed E-state index contributed by atoms with van der Waals surface area (Å²) in [5, 5.41) is 0. The van der Waals surface area contributed by atoms with E-state index >= 15 is 0 Å². The first kappa shape index (κ1) is 35.9. The Morgan fingerprint density at radius 2 is 1.33 bits per heavy atom. The van der Waals surface area contributed by atoms with Crippen LogP contribution in [0.5, 0.6) is 5.75 Å². The summed E-state index contributed by atoms with van der Waals surface area (Å²) in [6.07, 6.45) is 0. The molecule has 0 unspecified atom stereocenters. The maximum Gasteiger partial charge on any atom is 0.345 e. The SMILES string of the molecule is CCOc1cccc2c1N(C(=O)c1ccccc1I)C(C)(C)C1=C2C2(SC(C(=O)OC)=C(C(=O)OC)S2)C(C(=O)OC)=C(C(=O)OC)S1. The molecule has 0 saturated heterocycles. The Kier molecular flexibility index (Phi) is 10.3. The number of carbonyl (C=O) groups is 5. The minimum absolute atomic E-state index is 0.127. The molecule has 2 aromatic carbocycles.